The van der Waals surface area contributed by atoms with E-state index in [-0.39, 0.29) is 6.03 Å². The van der Waals surface area contributed by atoms with E-state index in [0.717, 1.165) is 27.5 Å². The van der Waals surface area contributed by atoms with Gasteiger partial charge in [0.25, 0.3) is 0 Å². The molecule has 1 heterocycles. The number of benzene rings is 1. The molecule has 5 heteroatoms. The van der Waals surface area contributed by atoms with Crippen LogP contribution in [-0.4, -0.2) is 11.0 Å². The van der Waals surface area contributed by atoms with Crippen molar-refractivity contribution in [3.63, 3.8) is 0 Å². The van der Waals surface area contributed by atoms with Crippen LogP contribution >= 0.6 is 11.3 Å². The van der Waals surface area contributed by atoms with Gasteiger partial charge in [0.2, 0.25) is 0 Å². The van der Waals surface area contributed by atoms with E-state index >= 15 is 0 Å². The third-order valence-corrected chi connectivity index (χ3v) is 3.51. The van der Waals surface area contributed by atoms with Crippen molar-refractivity contribution in [2.45, 2.75) is 27.3 Å². The van der Waals surface area contributed by atoms with E-state index in [1.54, 1.807) is 11.3 Å². The Bertz CT molecular complexity index is 572. The first-order valence-electron chi connectivity index (χ1n) is 6.07. The third-order valence-electron chi connectivity index (χ3n) is 2.55. The smallest absolute Gasteiger partial charge is 0.319 e. The average molecular weight is 275 g/mol. The first kappa shape index (κ1) is 13.5. The molecule has 2 amide bonds. The van der Waals surface area contributed by atoms with Crippen LogP contribution in [0.4, 0.5) is 10.5 Å². The Morgan fingerprint density at radius 1 is 1.21 bits per heavy atom. The van der Waals surface area contributed by atoms with Crippen LogP contribution in [0.3, 0.4) is 0 Å². The lowest BCUT2D eigenvalue weighted by atomic mass is 10.1. The maximum absolute atomic E-state index is 11.8. The summed E-state index contributed by atoms with van der Waals surface area (Å²) in [7, 11) is 0. The van der Waals surface area contributed by atoms with Crippen molar-refractivity contribution in [3.05, 3.63) is 45.4 Å². The van der Waals surface area contributed by atoms with Gasteiger partial charge in [-0.2, -0.15) is 0 Å². The molecule has 0 aliphatic rings. The number of carbonyl (C=O) groups is 1. The number of nitrogens with one attached hydrogen (secondary N) is 2. The van der Waals surface area contributed by atoms with Crippen molar-refractivity contribution < 1.29 is 4.79 Å². The molecule has 0 fully saturated rings. The number of thiazole rings is 1. The van der Waals surface area contributed by atoms with Crippen LogP contribution in [0.25, 0.3) is 0 Å². The van der Waals surface area contributed by atoms with Gasteiger partial charge in [-0.25, -0.2) is 9.78 Å². The molecule has 0 spiro atoms. The van der Waals surface area contributed by atoms with E-state index in [0.29, 0.717) is 6.54 Å². The predicted octanol–water partition coefficient (Wildman–Crippen LogP) is 3.39. The predicted molar refractivity (Wildman–Crippen MR) is 78.6 cm³/mol. The summed E-state index contributed by atoms with van der Waals surface area (Å²) in [5, 5.41) is 8.51. The van der Waals surface area contributed by atoms with E-state index in [2.05, 4.69) is 21.7 Å². The minimum absolute atomic E-state index is 0.210. The lowest BCUT2D eigenvalue weighted by Crippen LogP contribution is -2.28. The maximum Gasteiger partial charge on any atom is 0.319 e. The number of aromatic nitrogens is 1. The van der Waals surface area contributed by atoms with Crippen molar-refractivity contribution in [3.8, 4) is 0 Å². The molecule has 1 aromatic heterocycles. The molecular formula is C14H17N3OS. The number of nitrogens with zero attached hydrogens (tertiary/aromatic N) is 1. The molecule has 2 rings (SSSR count). The van der Waals surface area contributed by atoms with E-state index in [4.69, 9.17) is 0 Å². The molecule has 0 saturated heterocycles. The quantitative estimate of drug-likeness (QED) is 0.902. The van der Waals surface area contributed by atoms with Gasteiger partial charge < -0.3 is 10.6 Å². The van der Waals surface area contributed by atoms with Gasteiger partial charge in [0.15, 0.2) is 0 Å². The third kappa shape index (κ3) is 4.06. The largest absolute Gasteiger partial charge is 0.331 e. The summed E-state index contributed by atoms with van der Waals surface area (Å²) in [4.78, 5) is 16.1. The number of anilines is 1. The van der Waals surface area contributed by atoms with Gasteiger partial charge in [-0.3, -0.25) is 0 Å². The van der Waals surface area contributed by atoms with E-state index < -0.39 is 0 Å². The molecule has 0 atom stereocenters. The fourth-order valence-corrected chi connectivity index (χ4v) is 2.57. The van der Waals surface area contributed by atoms with Gasteiger partial charge in [0.1, 0.15) is 5.01 Å². The van der Waals surface area contributed by atoms with Crippen LogP contribution in [0.15, 0.2) is 23.6 Å². The van der Waals surface area contributed by atoms with Crippen LogP contribution in [0.5, 0.6) is 0 Å². The summed E-state index contributed by atoms with van der Waals surface area (Å²) < 4.78 is 0. The molecule has 100 valence electrons. The van der Waals surface area contributed by atoms with Crippen molar-refractivity contribution in [2.24, 2.45) is 0 Å². The first-order valence-corrected chi connectivity index (χ1v) is 6.95. The van der Waals surface area contributed by atoms with Crippen LogP contribution in [0.1, 0.15) is 21.8 Å². The number of hydrogen-bond acceptors (Lipinski definition) is 3. The molecule has 1 aromatic carbocycles. The number of amides is 2. The lowest BCUT2D eigenvalue weighted by Gasteiger charge is -2.08. The first-order chi connectivity index (χ1) is 9.02. The highest BCUT2D eigenvalue weighted by molar-refractivity contribution is 7.09. The Morgan fingerprint density at radius 3 is 2.47 bits per heavy atom. The second kappa shape index (κ2) is 5.84. The van der Waals surface area contributed by atoms with Crippen LogP contribution < -0.4 is 10.6 Å². The fraction of sp³-hybridized carbons (Fsp3) is 0.286. The molecule has 19 heavy (non-hydrogen) atoms. The van der Waals surface area contributed by atoms with Gasteiger partial charge in [0, 0.05) is 16.8 Å². The van der Waals surface area contributed by atoms with Crippen LogP contribution in [-0.2, 0) is 6.54 Å². The normalized spacial score (nSPS) is 10.3. The zero-order valence-corrected chi connectivity index (χ0v) is 12.1. The second-order valence-corrected chi connectivity index (χ2v) is 5.51. The van der Waals surface area contributed by atoms with Crippen LogP contribution in [0, 0.1) is 20.8 Å². The molecular weight excluding hydrogens is 258 g/mol. The molecule has 0 saturated carbocycles. The second-order valence-electron chi connectivity index (χ2n) is 4.57. The topological polar surface area (TPSA) is 54.0 Å². The minimum atomic E-state index is -0.210. The van der Waals surface area contributed by atoms with Crippen molar-refractivity contribution >= 4 is 23.1 Å². The average Bonchev–Trinajstić information content (AvgIpc) is 2.71. The summed E-state index contributed by atoms with van der Waals surface area (Å²) in [5.74, 6) is 0. The zero-order chi connectivity index (χ0) is 13.8. The number of hydrogen-bond donors (Lipinski definition) is 2. The summed E-state index contributed by atoms with van der Waals surface area (Å²) in [6.07, 6.45) is 0. The monoisotopic (exact) mass is 275 g/mol. The molecule has 0 bridgehead atoms. The summed E-state index contributed by atoms with van der Waals surface area (Å²) >= 11 is 1.55. The Balaban J connectivity index is 1.90. The summed E-state index contributed by atoms with van der Waals surface area (Å²) in [5.41, 5.74) is 4.05. The highest BCUT2D eigenvalue weighted by atomic mass is 32.1. The summed E-state index contributed by atoms with van der Waals surface area (Å²) in [6.45, 7) is 6.41. The van der Waals surface area contributed by atoms with Crippen molar-refractivity contribution in [1.29, 1.82) is 0 Å². The molecule has 0 aliphatic heterocycles. The molecule has 2 aromatic rings. The Hall–Kier alpha value is -1.88. The number of carbonyl (C=O) groups excluding carboxylic acids is 1. The minimum Gasteiger partial charge on any atom is -0.331 e. The lowest BCUT2D eigenvalue weighted by molar-refractivity contribution is 0.251. The van der Waals surface area contributed by atoms with Gasteiger partial charge >= 0.3 is 6.03 Å². The van der Waals surface area contributed by atoms with Gasteiger partial charge in [0.05, 0.1) is 6.54 Å². The standard InChI is InChI=1S/C14H17N3OS/c1-9-4-10(2)6-12(5-9)17-14(18)15-7-13-16-11(3)8-19-13/h4-6,8H,7H2,1-3H3,(H2,15,17,18). The fourth-order valence-electron chi connectivity index (χ4n) is 1.86. The highest BCUT2D eigenvalue weighted by Crippen LogP contribution is 2.13. The molecule has 4 nitrogen and oxygen atoms in total. The van der Waals surface area contributed by atoms with E-state index in [1.165, 1.54) is 0 Å². The molecule has 0 unspecified atom stereocenters. The number of urea groups is 1. The Labute approximate surface area is 116 Å². The molecule has 0 aliphatic carbocycles. The van der Waals surface area contributed by atoms with Gasteiger partial charge in [-0.15, -0.1) is 11.3 Å². The number of aryl methyl sites for hydroxylation is 3. The Morgan fingerprint density at radius 2 is 1.89 bits per heavy atom. The van der Waals surface area contributed by atoms with Crippen LogP contribution in [0.2, 0.25) is 0 Å². The highest BCUT2D eigenvalue weighted by Gasteiger charge is 2.04. The van der Waals surface area contributed by atoms with Crippen molar-refractivity contribution in [2.75, 3.05) is 5.32 Å². The molecule has 0 radical (unpaired) electrons. The zero-order valence-electron chi connectivity index (χ0n) is 11.3. The maximum atomic E-state index is 11.8. The van der Waals surface area contributed by atoms with E-state index in [9.17, 15) is 4.79 Å². The van der Waals surface area contributed by atoms with Crippen molar-refractivity contribution in [1.82, 2.24) is 10.3 Å². The van der Waals surface area contributed by atoms with Gasteiger partial charge in [-0.1, -0.05) is 6.07 Å². The summed E-state index contributed by atoms with van der Waals surface area (Å²) in [6, 6.07) is 5.75. The number of rotatable bonds is 3. The van der Waals surface area contributed by atoms with Gasteiger partial charge in [-0.05, 0) is 44.0 Å². The van der Waals surface area contributed by atoms with E-state index in [1.807, 2.05) is 38.3 Å². The Kier molecular flexibility index (Phi) is 4.16. The SMILES string of the molecule is Cc1cc(C)cc(NC(=O)NCc2nc(C)cs2)c1. The molecule has 2 N–H and O–H groups in total.